The quantitative estimate of drug-likeness (QED) is 0.0322. The van der Waals surface area contributed by atoms with E-state index in [1.54, 1.807) is 6.07 Å². The molecule has 0 bridgehead atoms. The molecule has 0 aliphatic carbocycles. The van der Waals surface area contributed by atoms with Gasteiger partial charge in [0.15, 0.2) is 0 Å². The number of hydrogen-bond donors (Lipinski definition) is 6. The van der Waals surface area contributed by atoms with Gasteiger partial charge in [0.25, 0.3) is 17.7 Å². The zero-order chi connectivity index (χ0) is 56.4. The normalized spacial score (nSPS) is 12.6. The van der Waals surface area contributed by atoms with Gasteiger partial charge in [0.2, 0.25) is 11.8 Å². The summed E-state index contributed by atoms with van der Waals surface area (Å²) in [5.41, 5.74) is -0.0120. The van der Waals surface area contributed by atoms with Crippen LogP contribution in [0.2, 0.25) is 13.3 Å². The van der Waals surface area contributed by atoms with Crippen molar-refractivity contribution in [1.82, 2.24) is 30.4 Å². The van der Waals surface area contributed by atoms with Gasteiger partial charge in [-0.3, -0.25) is 43.2 Å². The van der Waals surface area contributed by atoms with Crippen molar-refractivity contribution in [3.8, 4) is 0 Å². The Hall–Kier alpha value is -6.92. The molecule has 1 atom stereocenters. The average molecular weight is 1170 g/mol. The van der Waals surface area contributed by atoms with Crippen LogP contribution in [0.25, 0.3) is 0 Å². The third-order valence-corrected chi connectivity index (χ3v) is 28.5. The molecule has 2 aromatic rings. The molecule has 1 saturated heterocycles. The molecular weight excluding hydrogens is 1100 g/mol. The Labute approximate surface area is 445 Å². The van der Waals surface area contributed by atoms with E-state index in [1.165, 1.54) is 54.4 Å². The van der Waals surface area contributed by atoms with Crippen molar-refractivity contribution in [3.05, 3.63) is 65.2 Å². The number of carbonyl (C=O) groups is 12. The van der Waals surface area contributed by atoms with Crippen LogP contribution in [-0.2, 0) is 48.0 Å². The number of carboxylic acids is 4. The van der Waals surface area contributed by atoms with Crippen molar-refractivity contribution >= 4 is 93.2 Å². The number of rotatable bonds is 36. The minimum atomic E-state index is -2.82. The van der Waals surface area contributed by atoms with E-state index in [1.807, 2.05) is 6.07 Å². The van der Waals surface area contributed by atoms with E-state index < -0.39 is 148 Å². The molecule has 1 heterocycles. The van der Waals surface area contributed by atoms with E-state index in [9.17, 15) is 78.0 Å². The Morgan fingerprint density at radius 3 is 1.63 bits per heavy atom. The predicted octanol–water partition coefficient (Wildman–Crippen LogP) is 3.66. The number of imide groups is 1. The van der Waals surface area contributed by atoms with Gasteiger partial charge in [0.1, 0.15) is 6.54 Å². The van der Waals surface area contributed by atoms with Gasteiger partial charge < -0.3 is 34.9 Å². The van der Waals surface area contributed by atoms with E-state index in [0.717, 1.165) is 35.1 Å². The van der Waals surface area contributed by atoms with Crippen molar-refractivity contribution < 1.29 is 82.8 Å². The van der Waals surface area contributed by atoms with Crippen LogP contribution in [0, 0.1) is 0 Å². The number of amides is 7. The molecule has 1 aliphatic heterocycles. The number of benzene rings is 2. The second-order valence-electron chi connectivity index (χ2n) is 18.7. The van der Waals surface area contributed by atoms with Crippen molar-refractivity contribution in [2.45, 2.75) is 130 Å². The van der Waals surface area contributed by atoms with Crippen LogP contribution in [0.3, 0.4) is 0 Å². The summed E-state index contributed by atoms with van der Waals surface area (Å²) in [7, 11) is 0. The fourth-order valence-electron chi connectivity index (χ4n) is 8.60. The molecular formula is C52H72N6O17Sn. The summed E-state index contributed by atoms with van der Waals surface area (Å²) in [4.78, 5) is 159. The third-order valence-electron chi connectivity index (χ3n) is 12.9. The van der Waals surface area contributed by atoms with Crippen molar-refractivity contribution in [2.24, 2.45) is 0 Å². The SMILES string of the molecule is CCC[CH2][Sn]([CH2]CCC)([CH2]CCC)[c]1cccc(C(=O)NCCCC[C@@H](NC(=O)CN(CCC(=O)O)C(=O)CN(CCC(=O)O)C(=O)CN(CCC(=O)O)C(=O)c2cccc(C(=O)ON3C(=O)CCC3=O)c2)C(=O)O)c1. The molecule has 2 aromatic carbocycles. The van der Waals surface area contributed by atoms with E-state index in [4.69, 9.17) is 4.84 Å². The van der Waals surface area contributed by atoms with Gasteiger partial charge in [0, 0.05) is 38.0 Å². The first-order valence-electron chi connectivity index (χ1n) is 25.7. The summed E-state index contributed by atoms with van der Waals surface area (Å²) in [5.74, 6) is -12.7. The van der Waals surface area contributed by atoms with Crippen LogP contribution in [0.1, 0.15) is 142 Å². The standard InChI is InChI=1S/C40H45N6O17.3C4H9.Sn/c47-29(42-28(39(60)61)11-4-5-17-41-37(58)25-7-2-1-3-8-25)22-43(18-14-34(52)53)32(50)23-44(19-15-35(54)55)33(51)24-45(20-16-36(56)57)38(59)26-9-6-10-27(21-26)40(62)63-46-30(48)12-13-31(46)49;3*1-3-4-2;/h1-2,6-10,21,28H,4-5,11-20,22-24H2,(H,41,58)(H,42,47)(H,52,53)(H,54,55)(H,56,57)(H,60,61);3*1,3-4H2,2H3;/t28-;;;;/m1..../s1. The summed E-state index contributed by atoms with van der Waals surface area (Å²) >= 11 is -2.82. The molecule has 23 nitrogen and oxygen atoms in total. The molecule has 0 radical (unpaired) electrons. The molecule has 24 heteroatoms. The van der Waals surface area contributed by atoms with Crippen LogP contribution in [0.15, 0.2) is 48.5 Å². The minimum absolute atomic E-state index is 0.0810. The number of nitrogens with zero attached hydrogens (tertiary/aromatic N) is 4. The van der Waals surface area contributed by atoms with Crippen LogP contribution in [0.5, 0.6) is 0 Å². The van der Waals surface area contributed by atoms with Gasteiger partial charge >= 0.3 is 223 Å². The third kappa shape index (κ3) is 21.0. The maximum absolute atomic E-state index is 13.9. The fourth-order valence-corrected chi connectivity index (χ4v) is 24.6. The molecule has 0 spiro atoms. The van der Waals surface area contributed by atoms with Crippen molar-refractivity contribution in [3.63, 3.8) is 0 Å². The molecule has 76 heavy (non-hydrogen) atoms. The maximum atomic E-state index is 13.9. The summed E-state index contributed by atoms with van der Waals surface area (Å²) in [6.07, 6.45) is 4.88. The molecule has 0 unspecified atom stereocenters. The molecule has 7 amide bonds. The van der Waals surface area contributed by atoms with Gasteiger partial charge in [-0.15, -0.1) is 5.06 Å². The first-order chi connectivity index (χ1) is 36.1. The Bertz CT molecular complexity index is 2380. The molecule has 3 rings (SSSR count). The Balaban J connectivity index is 1.70. The van der Waals surface area contributed by atoms with Crippen LogP contribution >= 0.6 is 0 Å². The second kappa shape index (κ2) is 32.5. The number of hydrogen-bond acceptors (Lipinski definition) is 13. The fraction of sp³-hybridized carbons (Fsp3) is 0.538. The molecule has 1 aliphatic rings. The van der Waals surface area contributed by atoms with Gasteiger partial charge in [0.05, 0.1) is 37.9 Å². The summed E-state index contributed by atoms with van der Waals surface area (Å²) in [6.45, 7) is 2.18. The molecule has 0 saturated carbocycles. The van der Waals surface area contributed by atoms with Crippen molar-refractivity contribution in [2.75, 3.05) is 45.8 Å². The zero-order valence-corrected chi connectivity index (χ0v) is 46.4. The first kappa shape index (κ1) is 63.4. The first-order valence-corrected chi connectivity index (χ1v) is 33.2. The topological polar surface area (TPSA) is 332 Å². The number of carboxylic acid groups (broad SMARTS) is 4. The van der Waals surface area contributed by atoms with Crippen LogP contribution < -0.4 is 14.2 Å². The molecule has 1 fully saturated rings. The Kier molecular flexibility index (Phi) is 27.1. The van der Waals surface area contributed by atoms with Gasteiger partial charge in [-0.25, -0.2) is 4.79 Å². The van der Waals surface area contributed by atoms with Gasteiger partial charge in [-0.05, 0) is 18.2 Å². The van der Waals surface area contributed by atoms with Crippen molar-refractivity contribution in [1.29, 1.82) is 0 Å². The number of nitrogens with one attached hydrogen (secondary N) is 2. The number of aliphatic carboxylic acids is 4. The van der Waals surface area contributed by atoms with Gasteiger partial charge in [-0.1, -0.05) is 6.07 Å². The van der Waals surface area contributed by atoms with E-state index in [-0.39, 0.29) is 54.3 Å². The zero-order valence-electron chi connectivity index (χ0n) is 43.6. The van der Waals surface area contributed by atoms with Crippen LogP contribution in [0.4, 0.5) is 0 Å². The van der Waals surface area contributed by atoms with E-state index >= 15 is 0 Å². The number of carbonyl (C=O) groups excluding carboxylic acids is 8. The van der Waals surface area contributed by atoms with Gasteiger partial charge in [-0.2, -0.15) is 0 Å². The Morgan fingerprint density at radius 2 is 1.11 bits per heavy atom. The molecule has 416 valence electrons. The summed E-state index contributed by atoms with van der Waals surface area (Å²) in [5, 5.41) is 43.9. The van der Waals surface area contributed by atoms with E-state index in [2.05, 4.69) is 43.5 Å². The molecule has 6 N–H and O–H groups in total. The summed E-state index contributed by atoms with van der Waals surface area (Å²) < 4.78 is 5.09. The monoisotopic (exact) mass is 1170 g/mol. The summed E-state index contributed by atoms with van der Waals surface area (Å²) in [6, 6.07) is 11.2. The molecule has 0 aromatic heterocycles. The predicted molar refractivity (Wildman–Crippen MR) is 275 cm³/mol. The van der Waals surface area contributed by atoms with E-state index in [0.29, 0.717) is 16.9 Å². The number of unbranched alkanes of at least 4 members (excludes halogenated alkanes) is 4. The van der Waals surface area contributed by atoms with Crippen LogP contribution in [-0.4, -0.2) is 182 Å². The average Bonchev–Trinajstić information content (AvgIpc) is 3.70. The Morgan fingerprint density at radius 1 is 0.618 bits per heavy atom. The number of hydroxylamine groups is 2. The second-order valence-corrected chi connectivity index (χ2v) is 31.9.